The summed E-state index contributed by atoms with van der Waals surface area (Å²) in [5.41, 5.74) is 3.48. The zero-order valence-corrected chi connectivity index (χ0v) is 22.3. The Labute approximate surface area is 227 Å². The Hall–Kier alpha value is -4.50. The standard InChI is InChI=1S/C30H31N3O6/c1-4-37-30(34)26-18-31-28(33-21(26)2)24-16-27(38-15-14-36-19-22-8-6-5-7-9-22)29(32-17-24)39-20-23-10-12-25(35-3)13-11-23/h5-13,16-18H,4,14-15,19-20H2,1-3H3. The van der Waals surface area contributed by atoms with Gasteiger partial charge in [-0.25, -0.2) is 19.7 Å². The number of methoxy groups -OCH3 is 1. The third-order valence-electron chi connectivity index (χ3n) is 5.68. The third kappa shape index (κ3) is 7.75. The van der Waals surface area contributed by atoms with E-state index in [-0.39, 0.29) is 6.61 Å². The molecule has 2 aromatic heterocycles. The molecule has 4 aromatic rings. The topological polar surface area (TPSA) is 102 Å². The van der Waals surface area contributed by atoms with Crippen LogP contribution in [0, 0.1) is 6.92 Å². The number of aryl methyl sites for hydroxylation is 1. The molecule has 0 spiro atoms. The van der Waals surface area contributed by atoms with Crippen LogP contribution in [0.15, 0.2) is 73.1 Å². The number of rotatable bonds is 13. The lowest BCUT2D eigenvalue weighted by atomic mass is 10.2. The molecule has 39 heavy (non-hydrogen) atoms. The molecule has 9 heteroatoms. The number of carbonyl (C=O) groups is 1. The maximum Gasteiger partial charge on any atom is 0.341 e. The number of nitrogens with zero attached hydrogens (tertiary/aromatic N) is 3. The SMILES string of the molecule is CCOC(=O)c1cnc(-c2cnc(OCc3ccc(OC)cc3)c(OCCOCc3ccccc3)c2)nc1C. The van der Waals surface area contributed by atoms with Crippen LogP contribution in [0.3, 0.4) is 0 Å². The van der Waals surface area contributed by atoms with Gasteiger partial charge >= 0.3 is 5.97 Å². The summed E-state index contributed by atoms with van der Waals surface area (Å²) in [4.78, 5) is 25.4. The van der Waals surface area contributed by atoms with Gasteiger partial charge in [0.2, 0.25) is 0 Å². The lowest BCUT2D eigenvalue weighted by molar-refractivity contribution is 0.0524. The predicted octanol–water partition coefficient (Wildman–Crippen LogP) is 5.21. The molecule has 0 aliphatic rings. The molecular formula is C30H31N3O6. The first kappa shape index (κ1) is 27.5. The van der Waals surface area contributed by atoms with Gasteiger partial charge in [0, 0.05) is 18.0 Å². The van der Waals surface area contributed by atoms with E-state index >= 15 is 0 Å². The maximum atomic E-state index is 12.1. The maximum absolute atomic E-state index is 12.1. The minimum atomic E-state index is -0.457. The number of aromatic nitrogens is 3. The van der Waals surface area contributed by atoms with Gasteiger partial charge in [-0.1, -0.05) is 42.5 Å². The molecule has 0 N–H and O–H groups in total. The van der Waals surface area contributed by atoms with Crippen molar-refractivity contribution in [3.8, 4) is 28.8 Å². The molecule has 0 radical (unpaired) electrons. The molecule has 2 aromatic carbocycles. The second-order valence-corrected chi connectivity index (χ2v) is 8.46. The fraction of sp³-hybridized carbons (Fsp3) is 0.267. The van der Waals surface area contributed by atoms with E-state index < -0.39 is 5.97 Å². The average Bonchev–Trinajstić information content (AvgIpc) is 2.97. The van der Waals surface area contributed by atoms with Crippen molar-refractivity contribution in [3.05, 3.63) is 95.4 Å². The van der Waals surface area contributed by atoms with Crippen LogP contribution in [0.25, 0.3) is 11.4 Å². The zero-order chi connectivity index (χ0) is 27.5. The minimum Gasteiger partial charge on any atom is -0.497 e. The van der Waals surface area contributed by atoms with Crippen LogP contribution in [0.2, 0.25) is 0 Å². The van der Waals surface area contributed by atoms with Crippen molar-refractivity contribution in [1.29, 1.82) is 0 Å². The lowest BCUT2D eigenvalue weighted by Crippen LogP contribution is -2.10. The van der Waals surface area contributed by atoms with E-state index in [0.29, 0.717) is 60.7 Å². The van der Waals surface area contributed by atoms with E-state index in [0.717, 1.165) is 16.9 Å². The van der Waals surface area contributed by atoms with Gasteiger partial charge in [0.25, 0.3) is 5.88 Å². The molecule has 0 aliphatic carbocycles. The summed E-state index contributed by atoms with van der Waals surface area (Å²) >= 11 is 0. The summed E-state index contributed by atoms with van der Waals surface area (Å²) in [6.45, 7) is 5.21. The van der Waals surface area contributed by atoms with Crippen LogP contribution in [-0.2, 0) is 22.7 Å². The summed E-state index contributed by atoms with van der Waals surface area (Å²) in [5, 5.41) is 0. The molecule has 0 fully saturated rings. The molecular weight excluding hydrogens is 498 g/mol. The normalized spacial score (nSPS) is 10.6. The minimum absolute atomic E-state index is 0.275. The summed E-state index contributed by atoms with van der Waals surface area (Å²) < 4.78 is 28.1. The van der Waals surface area contributed by atoms with Crippen molar-refractivity contribution in [2.45, 2.75) is 27.1 Å². The second-order valence-electron chi connectivity index (χ2n) is 8.46. The number of esters is 1. The fourth-order valence-corrected chi connectivity index (χ4v) is 3.63. The van der Waals surface area contributed by atoms with Crippen molar-refractivity contribution in [3.63, 3.8) is 0 Å². The van der Waals surface area contributed by atoms with Crippen molar-refractivity contribution in [2.24, 2.45) is 0 Å². The highest BCUT2D eigenvalue weighted by atomic mass is 16.5. The second kappa shape index (κ2) is 13.9. The number of hydrogen-bond donors (Lipinski definition) is 0. The quantitative estimate of drug-likeness (QED) is 0.171. The van der Waals surface area contributed by atoms with Crippen molar-refractivity contribution < 1.29 is 28.5 Å². The Kier molecular flexibility index (Phi) is 9.80. The van der Waals surface area contributed by atoms with Gasteiger partial charge in [0.15, 0.2) is 11.6 Å². The predicted molar refractivity (Wildman–Crippen MR) is 145 cm³/mol. The van der Waals surface area contributed by atoms with Gasteiger partial charge in [0.1, 0.15) is 19.0 Å². The molecule has 0 atom stereocenters. The van der Waals surface area contributed by atoms with E-state index in [1.807, 2.05) is 54.6 Å². The summed E-state index contributed by atoms with van der Waals surface area (Å²) in [6.07, 6.45) is 3.07. The smallest absolute Gasteiger partial charge is 0.341 e. The highest BCUT2D eigenvalue weighted by Gasteiger charge is 2.16. The molecule has 0 saturated heterocycles. The molecule has 0 unspecified atom stereocenters. The van der Waals surface area contributed by atoms with E-state index in [1.165, 1.54) is 6.20 Å². The van der Waals surface area contributed by atoms with Crippen LogP contribution in [0.1, 0.15) is 34.1 Å². The van der Waals surface area contributed by atoms with Crippen molar-refractivity contribution in [2.75, 3.05) is 26.9 Å². The van der Waals surface area contributed by atoms with Gasteiger partial charge < -0.3 is 23.7 Å². The van der Waals surface area contributed by atoms with Crippen molar-refractivity contribution in [1.82, 2.24) is 15.0 Å². The number of carbonyl (C=O) groups excluding carboxylic acids is 1. The van der Waals surface area contributed by atoms with Crippen LogP contribution in [-0.4, -0.2) is 47.9 Å². The molecule has 0 saturated carbocycles. The van der Waals surface area contributed by atoms with Gasteiger partial charge in [0.05, 0.1) is 38.2 Å². The summed E-state index contributed by atoms with van der Waals surface area (Å²) in [7, 11) is 1.62. The van der Waals surface area contributed by atoms with E-state index in [9.17, 15) is 4.79 Å². The highest BCUT2D eigenvalue weighted by molar-refractivity contribution is 5.90. The Balaban J connectivity index is 1.48. The van der Waals surface area contributed by atoms with Gasteiger partial charge in [-0.05, 0) is 43.2 Å². The highest BCUT2D eigenvalue weighted by Crippen LogP contribution is 2.30. The molecule has 202 valence electrons. The van der Waals surface area contributed by atoms with Crippen LogP contribution < -0.4 is 14.2 Å². The Morgan fingerprint density at radius 1 is 0.872 bits per heavy atom. The molecule has 0 amide bonds. The van der Waals surface area contributed by atoms with Crippen LogP contribution >= 0.6 is 0 Å². The summed E-state index contributed by atoms with van der Waals surface area (Å²) in [6, 6.07) is 19.3. The molecule has 4 rings (SSSR count). The zero-order valence-electron chi connectivity index (χ0n) is 22.3. The third-order valence-corrected chi connectivity index (χ3v) is 5.68. The number of ether oxygens (including phenoxy) is 5. The summed E-state index contributed by atoms with van der Waals surface area (Å²) in [5.74, 6) is 1.48. The lowest BCUT2D eigenvalue weighted by Gasteiger charge is -2.14. The number of pyridine rings is 1. The first-order valence-corrected chi connectivity index (χ1v) is 12.6. The van der Waals surface area contributed by atoms with E-state index in [1.54, 1.807) is 33.2 Å². The van der Waals surface area contributed by atoms with Gasteiger partial charge in [-0.3, -0.25) is 0 Å². The Morgan fingerprint density at radius 3 is 2.36 bits per heavy atom. The number of hydrogen-bond acceptors (Lipinski definition) is 9. The van der Waals surface area contributed by atoms with Gasteiger partial charge in [-0.2, -0.15) is 0 Å². The monoisotopic (exact) mass is 529 g/mol. The van der Waals surface area contributed by atoms with E-state index in [2.05, 4.69) is 15.0 Å². The molecule has 9 nitrogen and oxygen atoms in total. The van der Waals surface area contributed by atoms with Crippen LogP contribution in [0.5, 0.6) is 17.4 Å². The molecule has 2 heterocycles. The molecule has 0 aliphatic heterocycles. The van der Waals surface area contributed by atoms with Crippen molar-refractivity contribution >= 4 is 5.97 Å². The largest absolute Gasteiger partial charge is 0.497 e. The Bertz CT molecular complexity index is 1360. The average molecular weight is 530 g/mol. The van der Waals surface area contributed by atoms with E-state index in [4.69, 9.17) is 23.7 Å². The number of benzene rings is 2. The Morgan fingerprint density at radius 2 is 1.64 bits per heavy atom. The fourth-order valence-electron chi connectivity index (χ4n) is 3.63. The van der Waals surface area contributed by atoms with Gasteiger partial charge in [-0.15, -0.1) is 0 Å². The molecule has 0 bridgehead atoms. The first-order chi connectivity index (χ1) is 19.1. The first-order valence-electron chi connectivity index (χ1n) is 12.6. The van der Waals surface area contributed by atoms with Crippen LogP contribution in [0.4, 0.5) is 0 Å².